The molecule has 19 heavy (non-hydrogen) atoms. The van der Waals surface area contributed by atoms with E-state index in [4.69, 9.17) is 5.10 Å². The molecule has 1 heterocycles. The Morgan fingerprint density at radius 1 is 1.16 bits per heavy atom. The van der Waals surface area contributed by atoms with E-state index in [0.717, 1.165) is 19.5 Å². The molecule has 3 heteroatoms. The number of rotatable bonds is 9. The van der Waals surface area contributed by atoms with Crippen LogP contribution in [0.4, 0.5) is 0 Å². The van der Waals surface area contributed by atoms with E-state index in [1.165, 1.54) is 42.6 Å². The van der Waals surface area contributed by atoms with Crippen molar-refractivity contribution in [3.63, 3.8) is 0 Å². The molecule has 0 aromatic carbocycles. The van der Waals surface area contributed by atoms with E-state index in [2.05, 4.69) is 44.6 Å². The van der Waals surface area contributed by atoms with Crippen molar-refractivity contribution < 1.29 is 0 Å². The van der Waals surface area contributed by atoms with Crippen LogP contribution in [0.15, 0.2) is 0 Å². The van der Waals surface area contributed by atoms with Crippen LogP contribution < -0.4 is 5.32 Å². The molecule has 1 aromatic heterocycles. The molecular weight excluding hydrogens is 234 g/mol. The van der Waals surface area contributed by atoms with Crippen LogP contribution in [0.3, 0.4) is 0 Å². The highest BCUT2D eigenvalue weighted by Crippen LogP contribution is 2.14. The van der Waals surface area contributed by atoms with Gasteiger partial charge >= 0.3 is 0 Å². The van der Waals surface area contributed by atoms with Crippen molar-refractivity contribution in [2.24, 2.45) is 0 Å². The van der Waals surface area contributed by atoms with Crippen LogP contribution in [0.5, 0.6) is 0 Å². The first kappa shape index (κ1) is 16.2. The summed E-state index contributed by atoms with van der Waals surface area (Å²) in [6.45, 7) is 13.1. The lowest BCUT2D eigenvalue weighted by atomic mass is 10.1. The van der Waals surface area contributed by atoms with E-state index >= 15 is 0 Å². The summed E-state index contributed by atoms with van der Waals surface area (Å²) in [7, 11) is 0. The highest BCUT2D eigenvalue weighted by Gasteiger charge is 2.10. The van der Waals surface area contributed by atoms with Crippen LogP contribution in [-0.4, -0.2) is 22.4 Å². The van der Waals surface area contributed by atoms with Crippen molar-refractivity contribution in [3.8, 4) is 0 Å². The molecule has 110 valence electrons. The normalized spacial score (nSPS) is 11.5. The summed E-state index contributed by atoms with van der Waals surface area (Å²) < 4.78 is 2.20. The van der Waals surface area contributed by atoms with Crippen molar-refractivity contribution in [2.75, 3.05) is 6.54 Å². The summed E-state index contributed by atoms with van der Waals surface area (Å²) in [5, 5.41) is 8.17. The quantitative estimate of drug-likeness (QED) is 0.691. The molecule has 0 bridgehead atoms. The molecule has 0 saturated carbocycles. The number of nitrogens with zero attached hydrogens (tertiary/aromatic N) is 2. The van der Waals surface area contributed by atoms with Crippen molar-refractivity contribution in [1.82, 2.24) is 15.1 Å². The first-order chi connectivity index (χ1) is 9.06. The zero-order valence-corrected chi connectivity index (χ0v) is 13.4. The Bertz CT molecular complexity index is 366. The van der Waals surface area contributed by atoms with Gasteiger partial charge in [0.2, 0.25) is 0 Å². The summed E-state index contributed by atoms with van der Waals surface area (Å²) in [6, 6.07) is 0.560. The highest BCUT2D eigenvalue weighted by molar-refractivity contribution is 5.24. The van der Waals surface area contributed by atoms with E-state index in [0.29, 0.717) is 6.04 Å². The van der Waals surface area contributed by atoms with E-state index in [1.54, 1.807) is 0 Å². The molecule has 0 aliphatic heterocycles. The maximum absolute atomic E-state index is 4.69. The van der Waals surface area contributed by atoms with E-state index < -0.39 is 0 Å². The van der Waals surface area contributed by atoms with Crippen molar-refractivity contribution in [2.45, 2.75) is 79.3 Å². The summed E-state index contributed by atoms with van der Waals surface area (Å²) in [6.07, 6.45) is 6.29. The molecule has 0 radical (unpaired) electrons. The third-order valence-corrected chi connectivity index (χ3v) is 3.68. The zero-order chi connectivity index (χ0) is 14.3. The monoisotopic (exact) mass is 265 g/mol. The second-order valence-corrected chi connectivity index (χ2v) is 5.79. The Labute approximate surface area is 118 Å². The van der Waals surface area contributed by atoms with Gasteiger partial charge in [-0.1, -0.05) is 40.0 Å². The van der Waals surface area contributed by atoms with Gasteiger partial charge in [-0.05, 0) is 38.8 Å². The SMILES string of the molecule is CCCCCCn1nc(C)c(CCNC(C)C)c1C. The first-order valence-electron chi connectivity index (χ1n) is 7.82. The predicted molar refractivity (Wildman–Crippen MR) is 82.7 cm³/mol. The number of aromatic nitrogens is 2. The fourth-order valence-electron chi connectivity index (χ4n) is 2.49. The van der Waals surface area contributed by atoms with Gasteiger partial charge in [0.25, 0.3) is 0 Å². The average Bonchev–Trinajstić information content (AvgIpc) is 2.62. The molecule has 0 fully saturated rings. The number of aryl methyl sites for hydroxylation is 2. The Kier molecular flexibility index (Phi) is 7.14. The molecule has 0 amide bonds. The number of hydrogen-bond donors (Lipinski definition) is 1. The smallest absolute Gasteiger partial charge is 0.0628 e. The molecule has 0 unspecified atom stereocenters. The Morgan fingerprint density at radius 2 is 1.89 bits per heavy atom. The summed E-state index contributed by atoms with van der Waals surface area (Å²) in [5.74, 6) is 0. The lowest BCUT2D eigenvalue weighted by Crippen LogP contribution is -2.25. The maximum Gasteiger partial charge on any atom is 0.0628 e. The van der Waals surface area contributed by atoms with Gasteiger partial charge in [-0.3, -0.25) is 4.68 Å². The molecule has 1 N–H and O–H groups in total. The average molecular weight is 265 g/mol. The van der Waals surface area contributed by atoms with Gasteiger partial charge in [0.1, 0.15) is 0 Å². The van der Waals surface area contributed by atoms with Gasteiger partial charge in [0.05, 0.1) is 5.69 Å². The molecular formula is C16H31N3. The maximum atomic E-state index is 4.69. The molecule has 1 rings (SSSR count). The predicted octanol–water partition coefficient (Wildman–Crippen LogP) is 3.62. The lowest BCUT2D eigenvalue weighted by Gasteiger charge is -2.08. The minimum Gasteiger partial charge on any atom is -0.314 e. The van der Waals surface area contributed by atoms with Crippen LogP contribution in [0.1, 0.15) is 63.4 Å². The summed E-state index contributed by atoms with van der Waals surface area (Å²) in [4.78, 5) is 0. The van der Waals surface area contributed by atoms with Crippen LogP contribution in [-0.2, 0) is 13.0 Å². The van der Waals surface area contributed by atoms with Crippen molar-refractivity contribution >= 4 is 0 Å². The second-order valence-electron chi connectivity index (χ2n) is 5.79. The minimum absolute atomic E-state index is 0.560. The molecule has 0 aliphatic carbocycles. The first-order valence-corrected chi connectivity index (χ1v) is 7.82. The summed E-state index contributed by atoms with van der Waals surface area (Å²) in [5.41, 5.74) is 4.00. The number of nitrogens with one attached hydrogen (secondary N) is 1. The van der Waals surface area contributed by atoms with Gasteiger partial charge in [-0.15, -0.1) is 0 Å². The standard InChI is InChI=1S/C16H31N3/c1-6-7-8-9-12-19-15(5)16(14(4)18-19)10-11-17-13(2)3/h13,17H,6-12H2,1-5H3. The van der Waals surface area contributed by atoms with Crippen LogP contribution in [0.25, 0.3) is 0 Å². The van der Waals surface area contributed by atoms with Gasteiger partial charge < -0.3 is 5.32 Å². The molecule has 0 atom stereocenters. The third kappa shape index (κ3) is 5.35. The fraction of sp³-hybridized carbons (Fsp3) is 0.812. The fourth-order valence-corrected chi connectivity index (χ4v) is 2.49. The Balaban J connectivity index is 2.51. The largest absolute Gasteiger partial charge is 0.314 e. The van der Waals surface area contributed by atoms with Crippen molar-refractivity contribution in [3.05, 3.63) is 17.0 Å². The minimum atomic E-state index is 0.560. The number of hydrogen-bond acceptors (Lipinski definition) is 2. The van der Waals surface area contributed by atoms with Gasteiger partial charge in [-0.25, -0.2) is 0 Å². The highest BCUT2D eigenvalue weighted by atomic mass is 15.3. The third-order valence-electron chi connectivity index (χ3n) is 3.68. The van der Waals surface area contributed by atoms with Gasteiger partial charge in [0.15, 0.2) is 0 Å². The molecule has 0 spiro atoms. The van der Waals surface area contributed by atoms with Crippen LogP contribution in [0, 0.1) is 13.8 Å². The summed E-state index contributed by atoms with van der Waals surface area (Å²) >= 11 is 0. The van der Waals surface area contributed by atoms with E-state index in [-0.39, 0.29) is 0 Å². The lowest BCUT2D eigenvalue weighted by molar-refractivity contribution is 0.528. The van der Waals surface area contributed by atoms with E-state index in [1.807, 2.05) is 0 Å². The van der Waals surface area contributed by atoms with E-state index in [9.17, 15) is 0 Å². The van der Waals surface area contributed by atoms with Crippen LogP contribution in [0.2, 0.25) is 0 Å². The molecule has 0 saturated heterocycles. The molecule has 3 nitrogen and oxygen atoms in total. The van der Waals surface area contributed by atoms with Gasteiger partial charge in [-0.2, -0.15) is 5.10 Å². The van der Waals surface area contributed by atoms with Crippen molar-refractivity contribution in [1.29, 1.82) is 0 Å². The topological polar surface area (TPSA) is 29.9 Å². The molecule has 1 aromatic rings. The zero-order valence-electron chi connectivity index (χ0n) is 13.4. The Morgan fingerprint density at radius 3 is 2.53 bits per heavy atom. The second kappa shape index (κ2) is 8.36. The Hall–Kier alpha value is -0.830. The van der Waals surface area contributed by atoms with Gasteiger partial charge in [0, 0.05) is 18.3 Å². The molecule has 0 aliphatic rings. The number of unbranched alkanes of at least 4 members (excludes halogenated alkanes) is 3. The van der Waals surface area contributed by atoms with Crippen LogP contribution >= 0.6 is 0 Å².